The molecule has 3 fully saturated rings. The van der Waals surface area contributed by atoms with Crippen molar-refractivity contribution in [2.75, 3.05) is 0 Å². The van der Waals surface area contributed by atoms with Gasteiger partial charge in [0.2, 0.25) is 0 Å². The predicted molar refractivity (Wildman–Crippen MR) is 56.7 cm³/mol. The zero-order valence-corrected chi connectivity index (χ0v) is 9.43. The average molecular weight is 181 g/mol. The van der Waals surface area contributed by atoms with Crippen LogP contribution in [0.1, 0.15) is 47.0 Å². The van der Waals surface area contributed by atoms with Crippen molar-refractivity contribution in [3.63, 3.8) is 0 Å². The van der Waals surface area contributed by atoms with E-state index in [1.54, 1.807) is 0 Å². The van der Waals surface area contributed by atoms with Gasteiger partial charge >= 0.3 is 0 Å². The zero-order valence-electron chi connectivity index (χ0n) is 9.43. The third-order valence-corrected chi connectivity index (χ3v) is 4.36. The summed E-state index contributed by atoms with van der Waals surface area (Å²) in [4.78, 5) is 0. The van der Waals surface area contributed by atoms with Crippen LogP contribution in [0.5, 0.6) is 0 Å². The van der Waals surface area contributed by atoms with Gasteiger partial charge in [-0.3, -0.25) is 0 Å². The van der Waals surface area contributed by atoms with Crippen molar-refractivity contribution >= 4 is 0 Å². The average Bonchev–Trinajstić information content (AvgIpc) is 2.02. The lowest BCUT2D eigenvalue weighted by molar-refractivity contribution is -0.0158. The summed E-state index contributed by atoms with van der Waals surface area (Å²) in [6.07, 6.45) is 4.28. The molecule has 2 saturated heterocycles. The van der Waals surface area contributed by atoms with E-state index in [2.05, 4.69) is 33.0 Å². The topological polar surface area (TPSA) is 12.0 Å². The van der Waals surface area contributed by atoms with E-state index in [9.17, 15) is 0 Å². The van der Waals surface area contributed by atoms with Gasteiger partial charge in [0, 0.05) is 11.6 Å². The van der Waals surface area contributed by atoms with Crippen molar-refractivity contribution in [1.82, 2.24) is 5.32 Å². The normalized spacial score (nSPS) is 43.8. The molecule has 1 N–H and O–H groups in total. The summed E-state index contributed by atoms with van der Waals surface area (Å²) in [6.45, 7) is 9.49. The predicted octanol–water partition coefficient (Wildman–Crippen LogP) is 2.81. The molecule has 3 atom stereocenters. The third kappa shape index (κ3) is 1.41. The van der Waals surface area contributed by atoms with Crippen molar-refractivity contribution in [2.45, 2.75) is 58.5 Å². The fraction of sp³-hybridized carbons (Fsp3) is 1.00. The van der Waals surface area contributed by atoms with Gasteiger partial charge in [-0.25, -0.2) is 0 Å². The SMILES string of the molecule is CC(C)C1CC2CC(C(C)C)(C1)N2. The van der Waals surface area contributed by atoms with Crippen molar-refractivity contribution in [1.29, 1.82) is 0 Å². The van der Waals surface area contributed by atoms with Gasteiger partial charge in [0.1, 0.15) is 0 Å². The Labute approximate surface area is 82.3 Å². The summed E-state index contributed by atoms with van der Waals surface area (Å²) in [5.41, 5.74) is 0.526. The molecule has 13 heavy (non-hydrogen) atoms. The van der Waals surface area contributed by atoms with Gasteiger partial charge in [0.05, 0.1) is 0 Å². The lowest BCUT2D eigenvalue weighted by atomic mass is 9.59. The summed E-state index contributed by atoms with van der Waals surface area (Å²) in [7, 11) is 0. The summed E-state index contributed by atoms with van der Waals surface area (Å²) >= 11 is 0. The van der Waals surface area contributed by atoms with E-state index in [0.29, 0.717) is 5.54 Å². The highest BCUT2D eigenvalue weighted by atomic mass is 15.1. The standard InChI is InChI=1S/C12H23N/c1-8(2)10-5-11-7-12(6-10,13-11)9(3)4/h8-11,13H,5-7H2,1-4H3. The molecule has 1 nitrogen and oxygen atoms in total. The lowest BCUT2D eigenvalue weighted by Gasteiger charge is -2.59. The molecule has 2 aliphatic heterocycles. The Morgan fingerprint density at radius 1 is 1.15 bits per heavy atom. The maximum atomic E-state index is 3.78. The van der Waals surface area contributed by atoms with Crippen LogP contribution in [0.3, 0.4) is 0 Å². The quantitative estimate of drug-likeness (QED) is 0.690. The Bertz CT molecular complexity index is 187. The first-order chi connectivity index (χ1) is 6.03. The van der Waals surface area contributed by atoms with Crippen LogP contribution in [0.4, 0.5) is 0 Å². The molecule has 3 aliphatic rings. The first kappa shape index (κ1) is 9.51. The number of rotatable bonds is 2. The number of fused-ring (bicyclic) bond motifs is 2. The summed E-state index contributed by atoms with van der Waals surface area (Å²) in [6, 6.07) is 0.851. The van der Waals surface area contributed by atoms with Crippen LogP contribution in [0.15, 0.2) is 0 Å². The van der Waals surface area contributed by atoms with Crippen molar-refractivity contribution in [2.24, 2.45) is 17.8 Å². The molecule has 0 spiro atoms. The second kappa shape index (κ2) is 2.98. The molecular formula is C12H23N. The van der Waals surface area contributed by atoms with Crippen molar-refractivity contribution < 1.29 is 0 Å². The number of nitrogens with one attached hydrogen (secondary N) is 1. The molecule has 1 aliphatic carbocycles. The van der Waals surface area contributed by atoms with E-state index in [4.69, 9.17) is 0 Å². The molecule has 0 radical (unpaired) electrons. The Kier molecular flexibility index (Phi) is 2.18. The largest absolute Gasteiger partial charge is 0.308 e. The van der Waals surface area contributed by atoms with Gasteiger partial charge in [-0.05, 0) is 37.0 Å². The van der Waals surface area contributed by atoms with E-state index in [0.717, 1.165) is 23.8 Å². The lowest BCUT2D eigenvalue weighted by Crippen LogP contribution is -2.70. The highest BCUT2D eigenvalue weighted by Gasteiger charge is 2.51. The highest BCUT2D eigenvalue weighted by molar-refractivity contribution is 5.10. The summed E-state index contributed by atoms with van der Waals surface area (Å²) in [5, 5.41) is 3.78. The van der Waals surface area contributed by atoms with Gasteiger partial charge < -0.3 is 5.32 Å². The van der Waals surface area contributed by atoms with Crippen LogP contribution in [0.2, 0.25) is 0 Å². The number of piperidine rings is 1. The second-order valence-electron chi connectivity index (χ2n) is 5.80. The molecule has 2 heterocycles. The van der Waals surface area contributed by atoms with Crippen molar-refractivity contribution in [3.05, 3.63) is 0 Å². The van der Waals surface area contributed by atoms with Crippen LogP contribution in [0, 0.1) is 17.8 Å². The first-order valence-corrected chi connectivity index (χ1v) is 5.81. The molecule has 2 bridgehead atoms. The molecular weight excluding hydrogens is 158 g/mol. The number of hydrogen-bond acceptors (Lipinski definition) is 1. The Morgan fingerprint density at radius 2 is 1.77 bits per heavy atom. The van der Waals surface area contributed by atoms with E-state index < -0.39 is 0 Å². The van der Waals surface area contributed by atoms with Gasteiger partial charge in [0.15, 0.2) is 0 Å². The fourth-order valence-corrected chi connectivity index (χ4v) is 3.17. The highest BCUT2D eigenvalue weighted by Crippen LogP contribution is 2.47. The van der Waals surface area contributed by atoms with Crippen LogP contribution in [-0.2, 0) is 0 Å². The van der Waals surface area contributed by atoms with Crippen LogP contribution < -0.4 is 5.32 Å². The first-order valence-electron chi connectivity index (χ1n) is 5.81. The molecule has 0 amide bonds. The molecule has 0 aromatic heterocycles. The molecule has 0 aromatic carbocycles. The molecule has 76 valence electrons. The maximum Gasteiger partial charge on any atom is 0.0224 e. The van der Waals surface area contributed by atoms with Gasteiger partial charge in [-0.2, -0.15) is 0 Å². The second-order valence-corrected chi connectivity index (χ2v) is 5.80. The monoisotopic (exact) mass is 181 g/mol. The smallest absolute Gasteiger partial charge is 0.0224 e. The Balaban J connectivity index is 2.03. The molecule has 0 aromatic rings. The summed E-state index contributed by atoms with van der Waals surface area (Å²) < 4.78 is 0. The van der Waals surface area contributed by atoms with Crippen LogP contribution in [0.25, 0.3) is 0 Å². The zero-order chi connectivity index (χ0) is 9.64. The van der Waals surface area contributed by atoms with Crippen molar-refractivity contribution in [3.8, 4) is 0 Å². The number of hydrogen-bond donors (Lipinski definition) is 1. The third-order valence-electron chi connectivity index (χ3n) is 4.36. The fourth-order valence-electron chi connectivity index (χ4n) is 3.17. The van der Waals surface area contributed by atoms with E-state index >= 15 is 0 Å². The molecule has 1 heteroatoms. The minimum atomic E-state index is 0.526. The van der Waals surface area contributed by atoms with Gasteiger partial charge in [0.25, 0.3) is 0 Å². The van der Waals surface area contributed by atoms with E-state index in [1.165, 1.54) is 19.3 Å². The van der Waals surface area contributed by atoms with Gasteiger partial charge in [-0.1, -0.05) is 27.7 Å². The van der Waals surface area contributed by atoms with Crippen LogP contribution in [-0.4, -0.2) is 11.6 Å². The Hall–Kier alpha value is -0.0400. The molecule has 3 unspecified atom stereocenters. The van der Waals surface area contributed by atoms with Crippen LogP contribution >= 0.6 is 0 Å². The molecule has 1 saturated carbocycles. The minimum absolute atomic E-state index is 0.526. The van der Waals surface area contributed by atoms with E-state index in [1.807, 2.05) is 0 Å². The Morgan fingerprint density at radius 3 is 2.23 bits per heavy atom. The minimum Gasteiger partial charge on any atom is -0.308 e. The van der Waals surface area contributed by atoms with Gasteiger partial charge in [-0.15, -0.1) is 0 Å². The van der Waals surface area contributed by atoms with E-state index in [-0.39, 0.29) is 0 Å². The summed E-state index contributed by atoms with van der Waals surface area (Å²) in [5.74, 6) is 2.66. The molecule has 3 rings (SSSR count). The maximum absolute atomic E-state index is 3.78.